The predicted molar refractivity (Wildman–Crippen MR) is 265 cm³/mol. The van der Waals surface area contributed by atoms with Crippen LogP contribution in [0.3, 0.4) is 0 Å². The number of carbonyl (C=O) groups is 2. The summed E-state index contributed by atoms with van der Waals surface area (Å²) >= 11 is 1.21. The number of carboxylic acid groups (broad SMARTS) is 1. The van der Waals surface area contributed by atoms with Gasteiger partial charge in [0, 0.05) is 25.2 Å². The number of rotatable bonds is 17. The number of carbonyl (C=O) groups excluding carboxylic acids is 1. The minimum atomic E-state index is -5.07. The van der Waals surface area contributed by atoms with Crippen LogP contribution in [-0.4, -0.2) is 114 Å². The smallest absolute Gasteiger partial charge is 0.408 e. The van der Waals surface area contributed by atoms with Crippen molar-refractivity contribution in [3.63, 3.8) is 0 Å². The number of tetrazole rings is 1. The summed E-state index contributed by atoms with van der Waals surface area (Å²) in [5, 5.41) is 22.5. The summed E-state index contributed by atoms with van der Waals surface area (Å²) in [6.45, 7) is 4.27. The maximum Gasteiger partial charge on any atom is 0.408 e. The molecule has 0 saturated carbocycles. The van der Waals surface area contributed by atoms with Crippen LogP contribution in [0.25, 0.3) is 32.7 Å². The highest BCUT2D eigenvalue weighted by atomic mass is 32.2. The van der Waals surface area contributed by atoms with Crippen LogP contribution in [0.15, 0.2) is 113 Å². The van der Waals surface area contributed by atoms with Gasteiger partial charge in [-0.1, -0.05) is 86.7 Å². The van der Waals surface area contributed by atoms with Crippen LogP contribution in [0.1, 0.15) is 43.9 Å². The number of sulfone groups is 1. The summed E-state index contributed by atoms with van der Waals surface area (Å²) in [5.41, 5.74) is 8.29. The number of aromatic nitrogens is 5. The Morgan fingerprint density at radius 2 is 1.38 bits per heavy atom. The number of nitrogens with zero attached hydrogens (tertiary/aromatic N) is 7. The molecule has 7 aromatic rings. The summed E-state index contributed by atoms with van der Waals surface area (Å²) in [4.78, 5) is 31.5. The second kappa shape index (κ2) is 20.3. The van der Waals surface area contributed by atoms with Crippen molar-refractivity contribution in [3.05, 3.63) is 120 Å². The number of amides is 1. The monoisotopic (exact) mass is 1020 g/mol. The fourth-order valence-corrected chi connectivity index (χ4v) is 13.1. The normalized spacial score (nSPS) is 15.3. The van der Waals surface area contributed by atoms with Gasteiger partial charge in [-0.3, -0.25) is 4.90 Å². The SMILES string of the molecule is COc1ccc(CN(Cc2ccc(OC)cc2)S(=O)(=O)c2c(S(=O)(=O)[C@H]3C[C@@H](C(=O)OCC(C)(C)C)N(C(=O)O)C3)ccc(-c3cccc4sc(N)nc34)c2-c2nnn(Cc3ccc(OC)cc3)n2)cc1. The number of hydrogen-bond donors (Lipinski definition) is 2. The Morgan fingerprint density at radius 1 is 0.803 bits per heavy atom. The molecule has 3 heterocycles. The third kappa shape index (κ3) is 10.8. The molecule has 2 atom stereocenters. The van der Waals surface area contributed by atoms with Gasteiger partial charge in [-0.2, -0.15) is 9.10 Å². The number of thiazole rings is 1. The molecule has 1 aliphatic heterocycles. The fourth-order valence-electron chi connectivity index (χ4n) is 8.22. The van der Waals surface area contributed by atoms with Crippen molar-refractivity contribution < 1.29 is 50.5 Å². The van der Waals surface area contributed by atoms with Gasteiger partial charge < -0.3 is 29.8 Å². The fraction of sp³-hybridized carbons (Fsp3) is 0.306. The largest absolute Gasteiger partial charge is 0.497 e. The zero-order valence-corrected chi connectivity index (χ0v) is 42.1. The van der Waals surface area contributed by atoms with Crippen molar-refractivity contribution in [2.75, 3.05) is 40.2 Å². The summed E-state index contributed by atoms with van der Waals surface area (Å²) in [5.74, 6) is 0.485. The first-order chi connectivity index (χ1) is 33.8. The first kappa shape index (κ1) is 50.3. The Balaban J connectivity index is 1.39. The highest BCUT2D eigenvalue weighted by Gasteiger charge is 2.49. The maximum atomic E-state index is 16.3. The van der Waals surface area contributed by atoms with E-state index in [-0.39, 0.29) is 48.3 Å². The lowest BCUT2D eigenvalue weighted by atomic mass is 9.98. The van der Waals surface area contributed by atoms with E-state index in [9.17, 15) is 14.7 Å². The van der Waals surface area contributed by atoms with E-state index in [2.05, 4.69) is 15.3 Å². The second-order valence-electron chi connectivity index (χ2n) is 18.0. The topological polar surface area (TPSA) is 249 Å². The van der Waals surface area contributed by atoms with Crippen molar-refractivity contribution in [2.45, 2.75) is 67.9 Å². The quantitative estimate of drug-likeness (QED) is 0.0860. The lowest BCUT2D eigenvalue weighted by Crippen LogP contribution is -2.41. The molecule has 1 aliphatic rings. The molecule has 0 aliphatic carbocycles. The van der Waals surface area contributed by atoms with E-state index in [1.165, 1.54) is 42.5 Å². The van der Waals surface area contributed by atoms with Gasteiger partial charge in [0.15, 0.2) is 15.0 Å². The van der Waals surface area contributed by atoms with Crippen LogP contribution < -0.4 is 19.9 Å². The molecule has 372 valence electrons. The molecule has 22 heteroatoms. The van der Waals surface area contributed by atoms with E-state index in [1.807, 2.05) is 20.8 Å². The molecule has 19 nitrogen and oxygen atoms in total. The lowest BCUT2D eigenvalue weighted by molar-refractivity contribution is -0.151. The van der Waals surface area contributed by atoms with Gasteiger partial charge >= 0.3 is 12.1 Å². The molecule has 0 bridgehead atoms. The van der Waals surface area contributed by atoms with Gasteiger partial charge in [0.1, 0.15) is 28.2 Å². The molecule has 3 N–H and O–H groups in total. The van der Waals surface area contributed by atoms with E-state index in [0.717, 1.165) is 14.8 Å². The number of methoxy groups -OCH3 is 3. The molecule has 2 aromatic heterocycles. The van der Waals surface area contributed by atoms with E-state index >= 15 is 16.8 Å². The number of nitrogens with two attached hydrogens (primary N) is 1. The van der Waals surface area contributed by atoms with Crippen LogP contribution in [0.4, 0.5) is 9.93 Å². The molecule has 1 amide bonds. The molecule has 8 rings (SSSR count). The molecular weight excluding hydrogens is 973 g/mol. The van der Waals surface area contributed by atoms with Gasteiger partial charge in [-0.15, -0.1) is 10.2 Å². The number of sulfonamides is 1. The van der Waals surface area contributed by atoms with Crippen LogP contribution in [-0.2, 0) is 49.0 Å². The van der Waals surface area contributed by atoms with Gasteiger partial charge in [0.05, 0.1) is 60.4 Å². The minimum absolute atomic E-state index is 0.0673. The Hall–Kier alpha value is -7.14. The van der Waals surface area contributed by atoms with Crippen molar-refractivity contribution in [1.82, 2.24) is 34.4 Å². The van der Waals surface area contributed by atoms with Gasteiger partial charge in [-0.25, -0.2) is 31.4 Å². The molecule has 5 aromatic carbocycles. The Bertz CT molecular complexity index is 3250. The van der Waals surface area contributed by atoms with Crippen LogP contribution in [0.2, 0.25) is 0 Å². The number of anilines is 1. The highest BCUT2D eigenvalue weighted by Crippen LogP contribution is 2.45. The Labute approximate surface area is 414 Å². The van der Waals surface area contributed by atoms with E-state index in [1.54, 1.807) is 98.1 Å². The third-order valence-corrected chi connectivity index (χ3v) is 16.8. The average Bonchev–Trinajstić information content (AvgIpc) is 4.12. The number of esters is 1. The first-order valence-corrected chi connectivity index (χ1v) is 26.0. The molecule has 0 unspecified atom stereocenters. The number of likely N-dealkylation sites (tertiary alicyclic amines) is 1. The molecule has 1 fully saturated rings. The number of fused-ring (bicyclic) bond motifs is 1. The van der Waals surface area contributed by atoms with E-state index in [4.69, 9.17) is 29.8 Å². The van der Waals surface area contributed by atoms with Crippen LogP contribution >= 0.6 is 11.3 Å². The standard InChI is InChI=1S/C49H52N8O11S3/c1-49(2,3)29-68-46(58)39-24-36(28-56(39)48(59)60)70(61,62)41-23-22-37(38-8-7-9-40-43(38)51-47(50)69-40)42(45-52-54-57(53-45)27-32-14-20-35(67-6)21-15-32)44(41)71(63,64)55(25-30-10-16-33(65-4)17-11-30)26-31-12-18-34(66-5)19-13-31/h7-23,36,39H,24-29H2,1-6H3,(H2,50,51)(H,59,60)/t36-,39-/m0/s1. The Morgan fingerprint density at radius 3 is 1.93 bits per heavy atom. The van der Waals surface area contributed by atoms with Crippen molar-refractivity contribution in [2.24, 2.45) is 5.41 Å². The van der Waals surface area contributed by atoms with Crippen LogP contribution in [0.5, 0.6) is 17.2 Å². The van der Waals surface area contributed by atoms with E-state index in [0.29, 0.717) is 44.2 Å². The maximum absolute atomic E-state index is 16.3. The highest BCUT2D eigenvalue weighted by molar-refractivity contribution is 7.94. The van der Waals surface area contributed by atoms with Gasteiger partial charge in [0.2, 0.25) is 15.8 Å². The molecule has 1 saturated heterocycles. The number of hydrogen-bond acceptors (Lipinski definition) is 16. The molecule has 0 radical (unpaired) electrons. The van der Waals surface area contributed by atoms with Gasteiger partial charge in [0.25, 0.3) is 0 Å². The Kier molecular flexibility index (Phi) is 14.4. The predicted octanol–water partition coefficient (Wildman–Crippen LogP) is 7.15. The number of para-hydroxylation sites is 1. The first-order valence-electron chi connectivity index (χ1n) is 22.2. The average molecular weight is 1030 g/mol. The summed E-state index contributed by atoms with van der Waals surface area (Å²) in [7, 11) is -5.44. The third-order valence-electron chi connectivity index (χ3n) is 11.8. The van der Waals surface area contributed by atoms with Crippen LogP contribution in [0, 0.1) is 5.41 Å². The van der Waals surface area contributed by atoms with Crippen molar-refractivity contribution >= 4 is 58.6 Å². The van der Waals surface area contributed by atoms with Crippen molar-refractivity contribution in [3.8, 4) is 39.8 Å². The number of nitrogen functional groups attached to an aromatic ring is 1. The zero-order valence-electron chi connectivity index (χ0n) is 39.7. The van der Waals surface area contributed by atoms with E-state index < -0.39 is 71.4 Å². The number of benzene rings is 5. The zero-order chi connectivity index (χ0) is 50.8. The van der Waals surface area contributed by atoms with Gasteiger partial charge in [-0.05, 0) is 87.8 Å². The molecular formula is C49H52N8O11S3. The molecule has 0 spiro atoms. The summed E-state index contributed by atoms with van der Waals surface area (Å²) in [6, 6.07) is 27.0. The molecule has 71 heavy (non-hydrogen) atoms. The number of ether oxygens (including phenoxy) is 4. The summed E-state index contributed by atoms with van der Waals surface area (Å²) < 4.78 is 87.2. The second-order valence-corrected chi connectivity index (χ2v) is 23.1. The summed E-state index contributed by atoms with van der Waals surface area (Å²) in [6.07, 6.45) is -2.08. The van der Waals surface area contributed by atoms with Crippen molar-refractivity contribution in [1.29, 1.82) is 0 Å². The lowest BCUT2D eigenvalue weighted by Gasteiger charge is -2.27. The minimum Gasteiger partial charge on any atom is -0.497 e.